The Bertz CT molecular complexity index is 447. The molecule has 2 rings (SSSR count). The average molecular weight is 327 g/mol. The van der Waals surface area contributed by atoms with Gasteiger partial charge in [0, 0.05) is 13.2 Å². The van der Waals surface area contributed by atoms with Gasteiger partial charge in [-0.15, -0.1) is 12.4 Å². The molecule has 5 heteroatoms. The third-order valence-corrected chi connectivity index (χ3v) is 4.19. The Morgan fingerprint density at radius 1 is 1.32 bits per heavy atom. The number of ether oxygens (including phenoxy) is 1. The quantitative estimate of drug-likeness (QED) is 0.757. The largest absolute Gasteiger partial charge is 0.374 e. The van der Waals surface area contributed by atoms with Crippen LogP contribution < -0.4 is 11.1 Å². The third kappa shape index (κ3) is 5.27. The van der Waals surface area contributed by atoms with E-state index in [0.717, 1.165) is 32.1 Å². The molecule has 0 aromatic heterocycles. The van der Waals surface area contributed by atoms with Gasteiger partial charge in [0.25, 0.3) is 0 Å². The number of hydrogen-bond donors (Lipinski definition) is 2. The first-order valence-corrected chi connectivity index (χ1v) is 7.85. The molecule has 1 aliphatic carbocycles. The molecular weight excluding hydrogens is 300 g/mol. The van der Waals surface area contributed by atoms with Gasteiger partial charge in [-0.05, 0) is 31.7 Å². The fourth-order valence-electron chi connectivity index (χ4n) is 2.76. The summed E-state index contributed by atoms with van der Waals surface area (Å²) in [5.41, 5.74) is 6.65. The van der Waals surface area contributed by atoms with Crippen molar-refractivity contribution in [2.24, 2.45) is 5.73 Å². The molecule has 1 fully saturated rings. The summed E-state index contributed by atoms with van der Waals surface area (Å²) in [5, 5.41) is 2.93. The molecule has 124 valence electrons. The van der Waals surface area contributed by atoms with Crippen LogP contribution in [0, 0.1) is 0 Å². The zero-order valence-electron chi connectivity index (χ0n) is 13.2. The summed E-state index contributed by atoms with van der Waals surface area (Å²) in [5.74, 6) is -0.00360. The van der Waals surface area contributed by atoms with Crippen molar-refractivity contribution in [3.63, 3.8) is 0 Å². The van der Waals surface area contributed by atoms with Gasteiger partial charge in [-0.25, -0.2) is 0 Å². The van der Waals surface area contributed by atoms with Crippen LogP contribution in [0.4, 0.5) is 0 Å². The van der Waals surface area contributed by atoms with Crippen LogP contribution in [0.25, 0.3) is 0 Å². The standard InChI is InChI=1S/C17H26N2O2.ClH/c1-14(15-8-3-2-4-9-15)21-13-7-12-19-16(20)17(18)10-5-6-11-17;/h2-4,8-9,14H,5-7,10-13,18H2,1H3,(H,19,20);1H. The van der Waals surface area contributed by atoms with Crippen molar-refractivity contribution in [1.29, 1.82) is 0 Å². The predicted octanol–water partition coefficient (Wildman–Crippen LogP) is 2.96. The minimum absolute atomic E-state index is 0. The van der Waals surface area contributed by atoms with E-state index in [4.69, 9.17) is 10.5 Å². The van der Waals surface area contributed by atoms with Crippen molar-refractivity contribution in [3.8, 4) is 0 Å². The maximum absolute atomic E-state index is 12.0. The molecule has 1 atom stereocenters. The van der Waals surface area contributed by atoms with Gasteiger partial charge in [-0.2, -0.15) is 0 Å². The molecule has 1 aromatic rings. The zero-order valence-corrected chi connectivity index (χ0v) is 14.0. The molecule has 1 amide bonds. The Morgan fingerprint density at radius 3 is 2.59 bits per heavy atom. The Balaban J connectivity index is 0.00000242. The Morgan fingerprint density at radius 2 is 1.95 bits per heavy atom. The smallest absolute Gasteiger partial charge is 0.240 e. The van der Waals surface area contributed by atoms with Crippen molar-refractivity contribution in [3.05, 3.63) is 35.9 Å². The van der Waals surface area contributed by atoms with Gasteiger partial charge < -0.3 is 15.8 Å². The Labute approximate surface area is 139 Å². The van der Waals surface area contributed by atoms with Crippen molar-refractivity contribution < 1.29 is 9.53 Å². The van der Waals surface area contributed by atoms with Crippen LogP contribution in [0.1, 0.15) is 50.7 Å². The summed E-state index contributed by atoms with van der Waals surface area (Å²) in [6.07, 6.45) is 4.61. The van der Waals surface area contributed by atoms with Crippen molar-refractivity contribution >= 4 is 18.3 Å². The predicted molar refractivity (Wildman–Crippen MR) is 91.1 cm³/mol. The van der Waals surface area contributed by atoms with Gasteiger partial charge in [0.2, 0.25) is 5.91 Å². The molecule has 1 aromatic carbocycles. The fraction of sp³-hybridized carbons (Fsp3) is 0.588. The minimum Gasteiger partial charge on any atom is -0.374 e. The summed E-state index contributed by atoms with van der Waals surface area (Å²) >= 11 is 0. The molecule has 3 N–H and O–H groups in total. The molecule has 0 spiro atoms. The van der Waals surface area contributed by atoms with Crippen molar-refractivity contribution in [2.75, 3.05) is 13.2 Å². The van der Waals surface area contributed by atoms with Crippen LogP contribution in [0.5, 0.6) is 0 Å². The number of benzene rings is 1. The first-order valence-electron chi connectivity index (χ1n) is 7.85. The van der Waals surface area contributed by atoms with E-state index in [-0.39, 0.29) is 24.4 Å². The van der Waals surface area contributed by atoms with E-state index in [1.54, 1.807) is 0 Å². The fourth-order valence-corrected chi connectivity index (χ4v) is 2.76. The maximum Gasteiger partial charge on any atom is 0.240 e. The summed E-state index contributed by atoms with van der Waals surface area (Å²) < 4.78 is 5.78. The Kier molecular flexibility index (Phi) is 7.87. The number of carbonyl (C=O) groups excluding carboxylic acids is 1. The van der Waals surface area contributed by atoms with Gasteiger partial charge in [0.1, 0.15) is 0 Å². The van der Waals surface area contributed by atoms with Crippen LogP contribution in [0.3, 0.4) is 0 Å². The molecule has 0 bridgehead atoms. The third-order valence-electron chi connectivity index (χ3n) is 4.19. The normalized spacial score (nSPS) is 17.5. The number of carbonyl (C=O) groups is 1. The second kappa shape index (κ2) is 9.13. The van der Waals surface area contributed by atoms with E-state index in [0.29, 0.717) is 13.2 Å². The lowest BCUT2D eigenvalue weighted by molar-refractivity contribution is -0.126. The van der Waals surface area contributed by atoms with Crippen molar-refractivity contribution in [2.45, 2.75) is 50.7 Å². The molecule has 0 heterocycles. The lowest BCUT2D eigenvalue weighted by Gasteiger charge is -2.22. The average Bonchev–Trinajstić information content (AvgIpc) is 2.95. The SMILES string of the molecule is CC(OCCCNC(=O)C1(N)CCCC1)c1ccccc1.Cl. The number of nitrogens with two attached hydrogens (primary N) is 1. The maximum atomic E-state index is 12.0. The first-order chi connectivity index (χ1) is 10.1. The van der Waals surface area contributed by atoms with E-state index in [9.17, 15) is 4.79 Å². The highest BCUT2D eigenvalue weighted by Crippen LogP contribution is 2.27. The van der Waals surface area contributed by atoms with Gasteiger partial charge in [-0.3, -0.25) is 4.79 Å². The van der Waals surface area contributed by atoms with Crippen LogP contribution in [0.2, 0.25) is 0 Å². The van der Waals surface area contributed by atoms with Crippen LogP contribution >= 0.6 is 12.4 Å². The number of halogens is 1. The molecule has 1 unspecified atom stereocenters. The lowest BCUT2D eigenvalue weighted by Crippen LogP contribution is -2.52. The molecular formula is C17H27ClN2O2. The Hall–Kier alpha value is -1.10. The van der Waals surface area contributed by atoms with E-state index >= 15 is 0 Å². The van der Waals surface area contributed by atoms with E-state index in [2.05, 4.69) is 17.4 Å². The molecule has 0 radical (unpaired) electrons. The molecule has 1 saturated carbocycles. The molecule has 22 heavy (non-hydrogen) atoms. The minimum atomic E-state index is -0.627. The van der Waals surface area contributed by atoms with Crippen LogP contribution in [-0.2, 0) is 9.53 Å². The van der Waals surface area contributed by atoms with Crippen LogP contribution in [0.15, 0.2) is 30.3 Å². The number of nitrogens with one attached hydrogen (secondary N) is 1. The van der Waals surface area contributed by atoms with Crippen LogP contribution in [-0.4, -0.2) is 24.6 Å². The highest BCUT2D eigenvalue weighted by molar-refractivity contribution is 5.86. The first kappa shape index (κ1) is 18.9. The summed E-state index contributed by atoms with van der Waals surface area (Å²) in [7, 11) is 0. The molecule has 1 aliphatic rings. The highest BCUT2D eigenvalue weighted by Gasteiger charge is 2.36. The number of rotatable bonds is 7. The van der Waals surface area contributed by atoms with Gasteiger partial charge in [-0.1, -0.05) is 43.2 Å². The number of hydrogen-bond acceptors (Lipinski definition) is 3. The summed E-state index contributed by atoms with van der Waals surface area (Å²) in [4.78, 5) is 12.0. The van der Waals surface area contributed by atoms with E-state index < -0.39 is 5.54 Å². The van der Waals surface area contributed by atoms with Gasteiger partial charge >= 0.3 is 0 Å². The number of amides is 1. The van der Waals surface area contributed by atoms with E-state index in [1.165, 1.54) is 5.56 Å². The topological polar surface area (TPSA) is 64.3 Å². The summed E-state index contributed by atoms with van der Waals surface area (Å²) in [6, 6.07) is 10.1. The van der Waals surface area contributed by atoms with E-state index in [1.807, 2.05) is 25.1 Å². The second-order valence-corrected chi connectivity index (χ2v) is 5.90. The molecule has 0 saturated heterocycles. The monoisotopic (exact) mass is 326 g/mol. The van der Waals surface area contributed by atoms with Gasteiger partial charge in [0.15, 0.2) is 0 Å². The van der Waals surface area contributed by atoms with Gasteiger partial charge in [0.05, 0.1) is 11.6 Å². The van der Waals surface area contributed by atoms with Crippen molar-refractivity contribution in [1.82, 2.24) is 5.32 Å². The summed E-state index contributed by atoms with van der Waals surface area (Å²) in [6.45, 7) is 3.30. The zero-order chi connectivity index (χ0) is 15.1. The molecule has 0 aliphatic heterocycles. The molecule has 4 nitrogen and oxygen atoms in total. The second-order valence-electron chi connectivity index (χ2n) is 5.90. The highest BCUT2D eigenvalue weighted by atomic mass is 35.5. The lowest BCUT2D eigenvalue weighted by atomic mass is 9.98.